The van der Waals surface area contributed by atoms with E-state index in [2.05, 4.69) is 32.0 Å². The summed E-state index contributed by atoms with van der Waals surface area (Å²) in [6.07, 6.45) is -2.01. The van der Waals surface area contributed by atoms with Crippen molar-refractivity contribution in [2.75, 3.05) is 10.6 Å². The van der Waals surface area contributed by atoms with Crippen LogP contribution in [0.1, 0.15) is 11.1 Å². The van der Waals surface area contributed by atoms with Crippen molar-refractivity contribution in [1.82, 2.24) is 14.7 Å². The number of fused-ring (bicyclic) bond motifs is 1. The van der Waals surface area contributed by atoms with Crippen LogP contribution in [-0.4, -0.2) is 26.8 Å². The predicted molar refractivity (Wildman–Crippen MR) is 118 cm³/mol. The van der Waals surface area contributed by atoms with Crippen molar-refractivity contribution in [1.29, 1.82) is 0 Å². The van der Waals surface area contributed by atoms with Crippen molar-refractivity contribution < 1.29 is 27.2 Å². The smallest absolute Gasteiger partial charge is 0.405 e. The fraction of sp³-hybridized carbons (Fsp3) is 0.0909. The molecule has 0 spiro atoms. The van der Waals surface area contributed by atoms with Crippen LogP contribution >= 0.6 is 0 Å². The summed E-state index contributed by atoms with van der Waals surface area (Å²) in [6.45, 7) is 5.48. The van der Waals surface area contributed by atoms with Gasteiger partial charge in [0.25, 0.3) is 0 Å². The van der Waals surface area contributed by atoms with Gasteiger partial charge in [-0.2, -0.15) is 18.2 Å². The fourth-order valence-electron chi connectivity index (χ4n) is 2.93. The number of hydrogen-bond donors (Lipinski definition) is 2. The van der Waals surface area contributed by atoms with E-state index in [-0.39, 0.29) is 21.8 Å². The Morgan fingerprint density at radius 3 is 2.68 bits per heavy atom. The highest BCUT2D eigenvalue weighted by molar-refractivity contribution is 5.81. The zero-order valence-corrected chi connectivity index (χ0v) is 17.5. The molecule has 12 heteroatoms. The molecule has 4 rings (SSSR count). The van der Waals surface area contributed by atoms with Gasteiger partial charge in [0.05, 0.1) is 0 Å². The van der Waals surface area contributed by atoms with E-state index in [1.165, 1.54) is 18.2 Å². The number of rotatable bonds is 6. The largest absolute Gasteiger partial charge is 0.493 e. The fourth-order valence-corrected chi connectivity index (χ4v) is 2.93. The van der Waals surface area contributed by atoms with Crippen molar-refractivity contribution in [3.8, 4) is 0 Å². The Balaban J connectivity index is 1.62. The second-order valence-electron chi connectivity index (χ2n) is 7.03. The zero-order chi connectivity index (χ0) is 24.5. The van der Waals surface area contributed by atoms with E-state index >= 15 is 0 Å². The van der Waals surface area contributed by atoms with E-state index in [0.29, 0.717) is 17.1 Å². The number of aryl methyl sites for hydroxylation is 1. The lowest BCUT2D eigenvalue weighted by atomic mass is 10.2. The SMILES string of the molecule is C=Cc1cccc(Nc2ncc(C)c(Nc3ccc4oc(=O)n(OC(=O)C(F)(F)F)c4c3)n2)c1. The van der Waals surface area contributed by atoms with Gasteiger partial charge in [0.1, 0.15) is 11.3 Å². The monoisotopic (exact) mass is 471 g/mol. The first-order chi connectivity index (χ1) is 16.1. The van der Waals surface area contributed by atoms with Crippen LogP contribution in [0.3, 0.4) is 0 Å². The Morgan fingerprint density at radius 2 is 1.94 bits per heavy atom. The molecule has 174 valence electrons. The summed E-state index contributed by atoms with van der Waals surface area (Å²) >= 11 is 0. The highest BCUT2D eigenvalue weighted by atomic mass is 19.4. The van der Waals surface area contributed by atoms with Gasteiger partial charge in [-0.3, -0.25) is 0 Å². The molecule has 9 nitrogen and oxygen atoms in total. The summed E-state index contributed by atoms with van der Waals surface area (Å²) in [5.41, 5.74) is 2.39. The molecular formula is C22H16F3N5O4. The molecule has 0 saturated heterocycles. The van der Waals surface area contributed by atoms with E-state index in [9.17, 15) is 22.8 Å². The molecule has 2 aromatic heterocycles. The van der Waals surface area contributed by atoms with Crippen LogP contribution in [0.25, 0.3) is 17.2 Å². The summed E-state index contributed by atoms with van der Waals surface area (Å²) in [6, 6.07) is 11.6. The molecule has 0 saturated carbocycles. The van der Waals surface area contributed by atoms with Crippen molar-refractivity contribution in [2.24, 2.45) is 0 Å². The van der Waals surface area contributed by atoms with Crippen LogP contribution in [0.5, 0.6) is 0 Å². The molecule has 4 aromatic rings. The second-order valence-corrected chi connectivity index (χ2v) is 7.03. The molecule has 0 atom stereocenters. The Hall–Kier alpha value is -4.61. The lowest BCUT2D eigenvalue weighted by Gasteiger charge is -2.12. The average molecular weight is 471 g/mol. The van der Waals surface area contributed by atoms with Crippen LogP contribution in [0, 0.1) is 6.92 Å². The van der Waals surface area contributed by atoms with Gasteiger partial charge in [0, 0.05) is 23.1 Å². The maximum Gasteiger partial charge on any atom is 0.493 e. The van der Waals surface area contributed by atoms with Crippen molar-refractivity contribution in [3.63, 3.8) is 0 Å². The quantitative estimate of drug-likeness (QED) is 0.427. The minimum atomic E-state index is -5.29. The first-order valence-corrected chi connectivity index (χ1v) is 9.69. The van der Waals surface area contributed by atoms with Gasteiger partial charge >= 0.3 is 17.9 Å². The summed E-state index contributed by atoms with van der Waals surface area (Å²) in [5.74, 6) is -3.16. The minimum absolute atomic E-state index is 0.0746. The van der Waals surface area contributed by atoms with E-state index < -0.39 is 17.9 Å². The molecule has 0 amide bonds. The first-order valence-electron chi connectivity index (χ1n) is 9.69. The zero-order valence-electron chi connectivity index (χ0n) is 17.5. The van der Waals surface area contributed by atoms with Crippen molar-refractivity contribution >= 4 is 46.3 Å². The summed E-state index contributed by atoms with van der Waals surface area (Å²) in [7, 11) is 0. The number of nitrogens with zero attached hydrogens (tertiary/aromatic N) is 3. The third kappa shape index (κ3) is 4.75. The van der Waals surface area contributed by atoms with Crippen LogP contribution < -0.4 is 21.2 Å². The van der Waals surface area contributed by atoms with E-state index in [1.54, 1.807) is 19.2 Å². The van der Waals surface area contributed by atoms with E-state index in [1.807, 2.05) is 24.3 Å². The average Bonchev–Trinajstić information content (AvgIpc) is 3.10. The molecule has 0 bridgehead atoms. The molecule has 0 fully saturated rings. The van der Waals surface area contributed by atoms with Gasteiger partial charge in [0.2, 0.25) is 5.95 Å². The second kappa shape index (κ2) is 8.73. The molecule has 2 N–H and O–H groups in total. The third-order valence-corrected chi connectivity index (χ3v) is 4.56. The van der Waals surface area contributed by atoms with Gasteiger partial charge in [-0.25, -0.2) is 14.6 Å². The Morgan fingerprint density at radius 1 is 1.18 bits per heavy atom. The van der Waals surface area contributed by atoms with Crippen LogP contribution in [0.4, 0.5) is 36.3 Å². The van der Waals surface area contributed by atoms with E-state index in [0.717, 1.165) is 11.3 Å². The minimum Gasteiger partial charge on any atom is -0.405 e. The number of aromatic nitrogens is 3. The highest BCUT2D eigenvalue weighted by Gasteiger charge is 2.42. The molecular weight excluding hydrogens is 455 g/mol. The maximum absolute atomic E-state index is 12.6. The lowest BCUT2D eigenvalue weighted by Crippen LogP contribution is -2.36. The highest BCUT2D eigenvalue weighted by Crippen LogP contribution is 2.25. The molecule has 0 aliphatic carbocycles. The van der Waals surface area contributed by atoms with Crippen LogP contribution in [-0.2, 0) is 4.79 Å². The molecule has 0 aliphatic rings. The third-order valence-electron chi connectivity index (χ3n) is 4.56. The molecule has 34 heavy (non-hydrogen) atoms. The standard InChI is InChI=1S/C22H16F3N5O4/c1-3-13-5-4-6-14(9-13)28-20-26-11-12(2)18(29-20)27-15-7-8-17-16(10-15)30(21(32)33-17)34-19(31)22(23,24)25/h3-11H,1H2,2H3,(H2,26,27,28,29). The summed E-state index contributed by atoms with van der Waals surface area (Å²) < 4.78 is 42.7. The van der Waals surface area contributed by atoms with Gasteiger partial charge in [-0.1, -0.05) is 29.5 Å². The molecule has 0 aliphatic heterocycles. The van der Waals surface area contributed by atoms with E-state index in [4.69, 9.17) is 4.42 Å². The Labute approximate surface area is 189 Å². The lowest BCUT2D eigenvalue weighted by molar-refractivity contribution is -0.200. The number of halogens is 3. The van der Waals surface area contributed by atoms with Crippen LogP contribution in [0.15, 0.2) is 64.5 Å². The number of nitrogens with one attached hydrogen (secondary N) is 2. The Kier molecular flexibility index (Phi) is 5.80. The van der Waals surface area contributed by atoms with Gasteiger partial charge < -0.3 is 19.9 Å². The number of hydrogen-bond acceptors (Lipinski definition) is 8. The predicted octanol–water partition coefficient (Wildman–Crippen LogP) is 4.34. The normalized spacial score (nSPS) is 11.3. The van der Waals surface area contributed by atoms with Gasteiger partial charge in [-0.05, 0) is 42.8 Å². The number of benzene rings is 2. The van der Waals surface area contributed by atoms with Crippen molar-refractivity contribution in [2.45, 2.75) is 13.1 Å². The number of alkyl halides is 3. The number of oxazole rings is 1. The maximum atomic E-state index is 12.6. The van der Waals surface area contributed by atoms with Gasteiger partial charge in [0.15, 0.2) is 5.58 Å². The summed E-state index contributed by atoms with van der Waals surface area (Å²) in [4.78, 5) is 35.9. The number of carbonyl (C=O) groups is 1. The first kappa shape index (κ1) is 22.6. The molecule has 0 radical (unpaired) electrons. The van der Waals surface area contributed by atoms with Gasteiger partial charge in [-0.15, -0.1) is 0 Å². The van der Waals surface area contributed by atoms with Crippen LogP contribution in [0.2, 0.25) is 0 Å². The molecule has 0 unspecified atom stereocenters. The molecule has 2 aromatic carbocycles. The summed E-state index contributed by atoms with van der Waals surface area (Å²) in [5, 5.41) is 6.08. The topological polar surface area (TPSA) is 111 Å². The van der Waals surface area contributed by atoms with Crippen molar-refractivity contribution in [3.05, 3.63) is 76.9 Å². The Bertz CT molecular complexity index is 1460. The number of anilines is 4. The number of carbonyl (C=O) groups excluding carboxylic acids is 1. The molecule has 2 heterocycles.